The number of Topliss-reactive ketones (excluding diaryl/α,β-unsaturated/α-hetero) is 1. The van der Waals surface area contributed by atoms with Crippen molar-refractivity contribution in [3.8, 4) is 0 Å². The average molecular weight is 337 g/mol. The maximum Gasteiger partial charge on any atom is 0.254 e. The van der Waals surface area contributed by atoms with Crippen LogP contribution in [0.25, 0.3) is 11.0 Å². The van der Waals surface area contributed by atoms with Crippen molar-refractivity contribution in [2.45, 2.75) is 45.6 Å². The largest absolute Gasteiger partial charge is 0.345 e. The first-order chi connectivity index (χ1) is 12.0. The molecule has 1 N–H and O–H groups in total. The summed E-state index contributed by atoms with van der Waals surface area (Å²) in [5.74, 6) is 0.642. The summed E-state index contributed by atoms with van der Waals surface area (Å²) >= 11 is 0. The zero-order chi connectivity index (χ0) is 17.6. The summed E-state index contributed by atoms with van der Waals surface area (Å²) in [6.07, 6.45) is 5.15. The van der Waals surface area contributed by atoms with Crippen LogP contribution in [0, 0.1) is 5.92 Å². The number of nitrogens with zero attached hydrogens (tertiary/aromatic N) is 2. The molecule has 1 amide bonds. The van der Waals surface area contributed by atoms with E-state index in [2.05, 4.69) is 16.9 Å². The van der Waals surface area contributed by atoms with Gasteiger partial charge in [0, 0.05) is 30.5 Å². The molecule has 2 aromatic rings. The molecule has 2 heterocycles. The lowest BCUT2D eigenvalue weighted by Gasteiger charge is -2.39. The highest BCUT2D eigenvalue weighted by Gasteiger charge is 2.41. The lowest BCUT2D eigenvalue weighted by molar-refractivity contribution is -0.116. The van der Waals surface area contributed by atoms with Crippen LogP contribution in [0.1, 0.15) is 49.9 Å². The van der Waals surface area contributed by atoms with E-state index in [9.17, 15) is 9.59 Å². The Hall–Kier alpha value is -2.43. The first-order valence-electron chi connectivity index (χ1n) is 8.96. The number of ketones is 1. The molecule has 2 unspecified atom stereocenters. The molecule has 1 aliphatic heterocycles. The van der Waals surface area contributed by atoms with Crippen molar-refractivity contribution in [2.24, 2.45) is 5.92 Å². The lowest BCUT2D eigenvalue weighted by Crippen LogP contribution is -2.47. The van der Waals surface area contributed by atoms with E-state index in [1.54, 1.807) is 13.3 Å². The summed E-state index contributed by atoms with van der Waals surface area (Å²) in [5.41, 5.74) is 5.04. The number of piperidine rings is 1. The molecule has 4 rings (SSSR count). The van der Waals surface area contributed by atoms with Gasteiger partial charge in [-0.1, -0.05) is 11.1 Å². The van der Waals surface area contributed by atoms with Crippen LogP contribution < -0.4 is 0 Å². The molecular weight excluding hydrogens is 314 g/mol. The number of carbonyl (C=O) groups excluding carboxylic acids is 2. The number of likely N-dealkylation sites (tertiary alicyclic amines) is 1. The predicted molar refractivity (Wildman–Crippen MR) is 96.3 cm³/mol. The number of amides is 1. The molecule has 130 valence electrons. The number of aromatic nitrogens is 2. The monoisotopic (exact) mass is 337 g/mol. The zero-order valence-corrected chi connectivity index (χ0v) is 14.7. The van der Waals surface area contributed by atoms with E-state index in [1.165, 1.54) is 11.1 Å². The number of benzene rings is 1. The summed E-state index contributed by atoms with van der Waals surface area (Å²) in [7, 11) is 0. The third-order valence-corrected chi connectivity index (χ3v) is 5.66. The fourth-order valence-corrected chi connectivity index (χ4v) is 4.51. The van der Waals surface area contributed by atoms with Gasteiger partial charge in [0.25, 0.3) is 5.91 Å². The zero-order valence-electron chi connectivity index (χ0n) is 14.7. The highest BCUT2D eigenvalue weighted by atomic mass is 16.2. The van der Waals surface area contributed by atoms with Crippen molar-refractivity contribution in [3.05, 3.63) is 41.2 Å². The molecule has 5 heteroatoms. The van der Waals surface area contributed by atoms with Crippen LogP contribution in [0.15, 0.2) is 35.7 Å². The third kappa shape index (κ3) is 2.77. The van der Waals surface area contributed by atoms with Gasteiger partial charge in [-0.05, 0) is 51.3 Å². The van der Waals surface area contributed by atoms with E-state index in [1.807, 2.05) is 23.1 Å². The lowest BCUT2D eigenvalue weighted by atomic mass is 9.85. The van der Waals surface area contributed by atoms with Gasteiger partial charge in [0.05, 0.1) is 17.4 Å². The summed E-state index contributed by atoms with van der Waals surface area (Å²) in [6.45, 7) is 4.57. The number of carbonyl (C=O) groups is 2. The van der Waals surface area contributed by atoms with Crippen molar-refractivity contribution in [3.63, 3.8) is 0 Å². The molecule has 1 saturated heterocycles. The number of H-pyrrole nitrogens is 1. The van der Waals surface area contributed by atoms with E-state index in [0.29, 0.717) is 17.9 Å². The van der Waals surface area contributed by atoms with Gasteiger partial charge >= 0.3 is 0 Å². The first kappa shape index (κ1) is 16.1. The summed E-state index contributed by atoms with van der Waals surface area (Å²) in [5, 5.41) is 0. The smallest absolute Gasteiger partial charge is 0.254 e. The van der Waals surface area contributed by atoms with Crippen LogP contribution in [0.5, 0.6) is 0 Å². The molecule has 0 saturated carbocycles. The highest BCUT2D eigenvalue weighted by molar-refractivity contribution is 5.97. The van der Waals surface area contributed by atoms with Crippen LogP contribution in [-0.4, -0.2) is 39.1 Å². The Morgan fingerprint density at radius 1 is 1.36 bits per heavy atom. The SMILES string of the molecule is CC(=O)CC1=C(C)CC2C1CCCN2C(=O)c1ccc2nc[nH]c2c1. The fourth-order valence-electron chi connectivity index (χ4n) is 4.51. The molecule has 1 fully saturated rings. The van der Waals surface area contributed by atoms with Gasteiger partial charge in [-0.2, -0.15) is 0 Å². The van der Waals surface area contributed by atoms with Gasteiger partial charge in [-0.15, -0.1) is 0 Å². The number of fused-ring (bicyclic) bond motifs is 2. The maximum absolute atomic E-state index is 13.1. The van der Waals surface area contributed by atoms with E-state index >= 15 is 0 Å². The summed E-state index contributed by atoms with van der Waals surface area (Å²) in [4.78, 5) is 34.1. The topological polar surface area (TPSA) is 66.1 Å². The van der Waals surface area contributed by atoms with Gasteiger partial charge in [-0.3, -0.25) is 9.59 Å². The van der Waals surface area contributed by atoms with E-state index in [-0.39, 0.29) is 17.7 Å². The molecule has 5 nitrogen and oxygen atoms in total. The van der Waals surface area contributed by atoms with Gasteiger partial charge in [0.1, 0.15) is 5.78 Å². The van der Waals surface area contributed by atoms with Crippen molar-refractivity contribution >= 4 is 22.7 Å². The van der Waals surface area contributed by atoms with E-state index in [0.717, 1.165) is 36.8 Å². The Kier molecular flexibility index (Phi) is 3.94. The summed E-state index contributed by atoms with van der Waals surface area (Å²) in [6, 6.07) is 5.84. The quantitative estimate of drug-likeness (QED) is 0.872. The number of hydrogen-bond donors (Lipinski definition) is 1. The second kappa shape index (κ2) is 6.14. The minimum atomic E-state index is 0.0862. The average Bonchev–Trinajstić information content (AvgIpc) is 3.18. The molecule has 0 spiro atoms. The molecule has 2 aliphatic rings. The van der Waals surface area contributed by atoms with Gasteiger partial charge < -0.3 is 9.88 Å². The van der Waals surface area contributed by atoms with Crippen molar-refractivity contribution < 1.29 is 9.59 Å². The molecular formula is C20H23N3O2. The second-order valence-corrected chi connectivity index (χ2v) is 7.34. The Labute approximate surface area is 147 Å². The minimum absolute atomic E-state index is 0.0862. The van der Waals surface area contributed by atoms with Crippen molar-refractivity contribution in [1.82, 2.24) is 14.9 Å². The van der Waals surface area contributed by atoms with Crippen LogP contribution in [-0.2, 0) is 4.79 Å². The molecule has 25 heavy (non-hydrogen) atoms. The van der Waals surface area contributed by atoms with E-state index in [4.69, 9.17) is 0 Å². The highest BCUT2D eigenvalue weighted by Crippen LogP contribution is 2.43. The molecule has 1 aliphatic carbocycles. The van der Waals surface area contributed by atoms with Crippen LogP contribution in [0.2, 0.25) is 0 Å². The van der Waals surface area contributed by atoms with Gasteiger partial charge in [0.15, 0.2) is 0 Å². The van der Waals surface area contributed by atoms with E-state index < -0.39 is 0 Å². The Morgan fingerprint density at radius 2 is 2.20 bits per heavy atom. The number of aromatic amines is 1. The Morgan fingerprint density at radius 3 is 3.00 bits per heavy atom. The molecule has 1 aromatic heterocycles. The number of nitrogens with one attached hydrogen (secondary N) is 1. The molecule has 0 bridgehead atoms. The molecule has 2 atom stereocenters. The Balaban J connectivity index is 1.60. The minimum Gasteiger partial charge on any atom is -0.345 e. The third-order valence-electron chi connectivity index (χ3n) is 5.66. The maximum atomic E-state index is 13.1. The standard InChI is InChI=1S/C20H23N3O2/c1-12-8-19-15(16(12)9-13(2)24)4-3-7-23(19)20(25)14-5-6-17-18(10-14)22-11-21-17/h5-6,10-11,15,19H,3-4,7-9H2,1-2H3,(H,21,22). The van der Waals surface area contributed by atoms with Gasteiger partial charge in [0.2, 0.25) is 0 Å². The summed E-state index contributed by atoms with van der Waals surface area (Å²) < 4.78 is 0. The molecule has 1 aromatic carbocycles. The van der Waals surface area contributed by atoms with Crippen LogP contribution >= 0.6 is 0 Å². The number of imidazole rings is 1. The normalized spacial score (nSPS) is 23.2. The van der Waals surface area contributed by atoms with Gasteiger partial charge in [-0.25, -0.2) is 4.98 Å². The molecule has 0 radical (unpaired) electrons. The van der Waals surface area contributed by atoms with Crippen LogP contribution in [0.4, 0.5) is 0 Å². The Bertz CT molecular complexity index is 880. The fraction of sp³-hybridized carbons (Fsp3) is 0.450. The second-order valence-electron chi connectivity index (χ2n) is 7.34. The number of hydrogen-bond acceptors (Lipinski definition) is 3. The predicted octanol–water partition coefficient (Wildman–Crippen LogP) is 3.48. The number of rotatable bonds is 3. The van der Waals surface area contributed by atoms with Crippen molar-refractivity contribution in [2.75, 3.05) is 6.54 Å². The first-order valence-corrected chi connectivity index (χ1v) is 8.96. The van der Waals surface area contributed by atoms with Crippen LogP contribution in [0.3, 0.4) is 0 Å². The van der Waals surface area contributed by atoms with Crippen molar-refractivity contribution in [1.29, 1.82) is 0 Å².